The lowest BCUT2D eigenvalue weighted by molar-refractivity contribution is 0.0577. The first-order valence-electron chi connectivity index (χ1n) is 11.1. The summed E-state index contributed by atoms with van der Waals surface area (Å²) in [5, 5.41) is 0.554. The van der Waals surface area contributed by atoms with E-state index in [2.05, 4.69) is 4.98 Å². The Labute approximate surface area is 194 Å². The zero-order chi connectivity index (χ0) is 23.4. The molecular weight excluding hydrogens is 428 g/mol. The molecule has 1 heterocycles. The number of methoxy groups -OCH3 is 1. The number of nitrogens with zero attached hydrogens (tertiary/aromatic N) is 1. The molecule has 172 valence electrons. The van der Waals surface area contributed by atoms with Gasteiger partial charge in [-0.05, 0) is 69.4 Å². The number of ether oxygens (including phenoxy) is 1. The molecule has 0 radical (unpaired) electrons. The van der Waals surface area contributed by atoms with Crippen molar-refractivity contribution in [3.05, 3.63) is 57.4 Å². The number of halogens is 1. The van der Waals surface area contributed by atoms with E-state index in [1.54, 1.807) is 49.9 Å². The number of aromatic amines is 1. The van der Waals surface area contributed by atoms with Crippen molar-refractivity contribution in [3.63, 3.8) is 0 Å². The zero-order valence-electron chi connectivity index (χ0n) is 19.2. The van der Waals surface area contributed by atoms with Crippen molar-refractivity contribution in [3.8, 4) is 0 Å². The van der Waals surface area contributed by atoms with Gasteiger partial charge < -0.3 is 14.6 Å². The Bertz CT molecular complexity index is 990. The van der Waals surface area contributed by atoms with E-state index in [4.69, 9.17) is 16.3 Å². The van der Waals surface area contributed by atoms with Crippen molar-refractivity contribution in [2.45, 2.75) is 58.9 Å². The van der Waals surface area contributed by atoms with E-state index < -0.39 is 12.0 Å². The summed E-state index contributed by atoms with van der Waals surface area (Å²) >= 11 is 6.00. The average Bonchev–Trinajstić information content (AvgIpc) is 3.10. The molecular formula is C25H31ClN2O4. The van der Waals surface area contributed by atoms with E-state index in [1.165, 1.54) is 13.5 Å². The molecule has 6 nitrogen and oxygen atoms in total. The van der Waals surface area contributed by atoms with Gasteiger partial charge in [-0.3, -0.25) is 9.59 Å². The highest BCUT2D eigenvalue weighted by Crippen LogP contribution is 2.28. The molecule has 1 amide bonds. The van der Waals surface area contributed by atoms with Gasteiger partial charge in [-0.25, -0.2) is 4.79 Å². The first kappa shape index (κ1) is 24.1. The third kappa shape index (κ3) is 5.07. The van der Waals surface area contributed by atoms with Crippen LogP contribution in [0.2, 0.25) is 5.02 Å². The number of esters is 1. The van der Waals surface area contributed by atoms with Crippen LogP contribution in [0.3, 0.4) is 0 Å². The molecule has 0 unspecified atom stereocenters. The summed E-state index contributed by atoms with van der Waals surface area (Å²) in [6, 6.07) is 6.07. The molecule has 3 rings (SSSR count). The second-order valence-electron chi connectivity index (χ2n) is 8.63. The number of aromatic nitrogens is 1. The van der Waals surface area contributed by atoms with Gasteiger partial charge in [0.15, 0.2) is 5.78 Å². The SMILES string of the molecule is COC(=O)c1[nH]c(C)c(C(=O)[C@H](C)N(CC2CCCCC2)C(=O)c2ccc(Cl)cc2)c1C. The van der Waals surface area contributed by atoms with Crippen LogP contribution >= 0.6 is 11.6 Å². The van der Waals surface area contributed by atoms with Crippen molar-refractivity contribution in [2.24, 2.45) is 5.92 Å². The summed E-state index contributed by atoms with van der Waals surface area (Å²) in [7, 11) is 1.30. The minimum absolute atomic E-state index is 0.188. The van der Waals surface area contributed by atoms with Crippen LogP contribution < -0.4 is 0 Å². The molecule has 1 aromatic carbocycles. The van der Waals surface area contributed by atoms with E-state index in [1.807, 2.05) is 0 Å². The third-order valence-corrected chi connectivity index (χ3v) is 6.70. The van der Waals surface area contributed by atoms with Gasteiger partial charge in [-0.15, -0.1) is 0 Å². The summed E-state index contributed by atoms with van der Waals surface area (Å²) in [5.74, 6) is -0.528. The smallest absolute Gasteiger partial charge is 0.354 e. The second-order valence-corrected chi connectivity index (χ2v) is 9.06. The largest absolute Gasteiger partial charge is 0.464 e. The normalized spacial score (nSPS) is 15.3. The fraction of sp³-hybridized carbons (Fsp3) is 0.480. The van der Waals surface area contributed by atoms with Gasteiger partial charge in [-0.1, -0.05) is 30.9 Å². The van der Waals surface area contributed by atoms with Crippen molar-refractivity contribution < 1.29 is 19.1 Å². The van der Waals surface area contributed by atoms with Crippen molar-refractivity contribution in [2.75, 3.05) is 13.7 Å². The van der Waals surface area contributed by atoms with Gasteiger partial charge in [-0.2, -0.15) is 0 Å². The Morgan fingerprint density at radius 2 is 1.75 bits per heavy atom. The number of ketones is 1. The number of carbonyl (C=O) groups excluding carboxylic acids is 3. The van der Waals surface area contributed by atoms with Crippen molar-refractivity contribution in [1.29, 1.82) is 0 Å². The Balaban J connectivity index is 1.93. The molecule has 1 aromatic heterocycles. The van der Waals surface area contributed by atoms with E-state index >= 15 is 0 Å². The number of Topliss-reactive ketones (excluding diaryl/α,β-unsaturated/α-hetero) is 1. The maximum Gasteiger partial charge on any atom is 0.354 e. The van der Waals surface area contributed by atoms with Gasteiger partial charge >= 0.3 is 5.97 Å². The lowest BCUT2D eigenvalue weighted by Crippen LogP contribution is -2.46. The molecule has 1 N–H and O–H groups in total. The summed E-state index contributed by atoms with van der Waals surface area (Å²) in [5.41, 5.74) is 2.35. The molecule has 32 heavy (non-hydrogen) atoms. The summed E-state index contributed by atoms with van der Waals surface area (Å²) in [4.78, 5) is 43.8. The standard InChI is InChI=1S/C25H31ClN2O4/c1-15-21(16(2)27-22(15)25(31)32-4)23(29)17(3)28(14-18-8-6-5-7-9-18)24(30)19-10-12-20(26)13-11-19/h10-13,17-18,27H,5-9,14H2,1-4H3/t17-/m0/s1. The van der Waals surface area contributed by atoms with Gasteiger partial charge in [0.25, 0.3) is 5.91 Å². The molecule has 1 fully saturated rings. The van der Waals surface area contributed by atoms with E-state index in [0.29, 0.717) is 39.9 Å². The lowest BCUT2D eigenvalue weighted by Gasteiger charge is -2.33. The monoisotopic (exact) mass is 458 g/mol. The van der Waals surface area contributed by atoms with Crippen LogP contribution in [0.15, 0.2) is 24.3 Å². The van der Waals surface area contributed by atoms with Crippen LogP contribution in [-0.2, 0) is 4.74 Å². The number of amides is 1. The molecule has 0 spiro atoms. The van der Waals surface area contributed by atoms with Crippen LogP contribution in [-0.4, -0.2) is 47.2 Å². The predicted octanol–water partition coefficient (Wildman–Crippen LogP) is 5.37. The van der Waals surface area contributed by atoms with E-state index in [0.717, 1.165) is 25.7 Å². The molecule has 1 aliphatic rings. The molecule has 1 aliphatic carbocycles. The third-order valence-electron chi connectivity index (χ3n) is 6.45. The Kier molecular flexibility index (Phi) is 7.77. The van der Waals surface area contributed by atoms with Crippen LogP contribution in [0, 0.1) is 19.8 Å². The highest BCUT2D eigenvalue weighted by molar-refractivity contribution is 6.30. The number of rotatable bonds is 7. The van der Waals surface area contributed by atoms with Crippen LogP contribution in [0.5, 0.6) is 0 Å². The number of benzene rings is 1. The molecule has 0 bridgehead atoms. The molecule has 1 atom stereocenters. The lowest BCUT2D eigenvalue weighted by atomic mass is 9.88. The van der Waals surface area contributed by atoms with Crippen molar-refractivity contribution >= 4 is 29.3 Å². The quantitative estimate of drug-likeness (QED) is 0.447. The first-order chi connectivity index (χ1) is 15.2. The van der Waals surface area contributed by atoms with E-state index in [9.17, 15) is 14.4 Å². The minimum Gasteiger partial charge on any atom is -0.464 e. The predicted molar refractivity (Wildman–Crippen MR) is 124 cm³/mol. The molecule has 1 saturated carbocycles. The summed E-state index contributed by atoms with van der Waals surface area (Å²) in [6.45, 7) is 5.78. The number of hydrogen-bond acceptors (Lipinski definition) is 4. The topological polar surface area (TPSA) is 79.5 Å². The second kappa shape index (κ2) is 10.3. The summed E-state index contributed by atoms with van der Waals surface area (Å²) < 4.78 is 4.82. The number of aryl methyl sites for hydroxylation is 1. The number of H-pyrrole nitrogens is 1. The fourth-order valence-electron chi connectivity index (χ4n) is 4.60. The zero-order valence-corrected chi connectivity index (χ0v) is 19.9. The molecule has 2 aromatic rings. The van der Waals surface area contributed by atoms with Crippen LogP contribution in [0.4, 0.5) is 0 Å². The fourth-order valence-corrected chi connectivity index (χ4v) is 4.73. The van der Waals surface area contributed by atoms with Gasteiger partial charge in [0.05, 0.1) is 13.2 Å². The molecule has 0 saturated heterocycles. The Morgan fingerprint density at radius 1 is 1.12 bits per heavy atom. The molecule has 0 aliphatic heterocycles. The average molecular weight is 459 g/mol. The first-order valence-corrected chi connectivity index (χ1v) is 11.5. The highest BCUT2D eigenvalue weighted by Gasteiger charge is 2.33. The van der Waals surface area contributed by atoms with Crippen molar-refractivity contribution in [1.82, 2.24) is 9.88 Å². The Hall–Kier alpha value is -2.60. The van der Waals surface area contributed by atoms with Gasteiger partial charge in [0, 0.05) is 28.4 Å². The van der Waals surface area contributed by atoms with Gasteiger partial charge in [0.1, 0.15) is 5.69 Å². The van der Waals surface area contributed by atoms with Crippen LogP contribution in [0.1, 0.15) is 81.5 Å². The van der Waals surface area contributed by atoms with E-state index in [-0.39, 0.29) is 17.4 Å². The van der Waals surface area contributed by atoms with Crippen LogP contribution in [0.25, 0.3) is 0 Å². The minimum atomic E-state index is -0.682. The Morgan fingerprint density at radius 3 is 2.34 bits per heavy atom. The van der Waals surface area contributed by atoms with Gasteiger partial charge in [0.2, 0.25) is 0 Å². The maximum atomic E-state index is 13.6. The number of nitrogens with one attached hydrogen (secondary N) is 1. The molecule has 7 heteroatoms. The summed E-state index contributed by atoms with van der Waals surface area (Å²) in [6.07, 6.45) is 5.62. The highest BCUT2D eigenvalue weighted by atomic mass is 35.5. The number of hydrogen-bond donors (Lipinski definition) is 1. The maximum absolute atomic E-state index is 13.6. The number of carbonyl (C=O) groups is 3.